The Balaban J connectivity index is 1.49. The standard InChI is InChI=1S/C19H24N4O/c1-14-3-6-21-18(10-14)19(24)22-17-4-7-23(8-5-17)13-16-9-15(2)11-20-12-16/h3,6,9-12,17H,4-5,7-8,13H2,1-2H3,(H,22,24). The molecule has 1 saturated heterocycles. The molecule has 0 spiro atoms. The molecular weight excluding hydrogens is 300 g/mol. The van der Waals surface area contributed by atoms with E-state index in [4.69, 9.17) is 0 Å². The van der Waals surface area contributed by atoms with Crippen molar-refractivity contribution in [2.24, 2.45) is 0 Å². The third-order valence-electron chi connectivity index (χ3n) is 4.41. The number of carbonyl (C=O) groups excluding carboxylic acids is 1. The summed E-state index contributed by atoms with van der Waals surface area (Å²) in [5.74, 6) is -0.0694. The number of likely N-dealkylation sites (tertiary alicyclic amines) is 1. The SMILES string of the molecule is Cc1cncc(CN2CCC(NC(=O)c3cc(C)ccn3)CC2)c1. The van der Waals surface area contributed by atoms with Crippen molar-refractivity contribution in [3.8, 4) is 0 Å². The van der Waals surface area contributed by atoms with E-state index in [9.17, 15) is 4.79 Å². The van der Waals surface area contributed by atoms with E-state index in [-0.39, 0.29) is 11.9 Å². The summed E-state index contributed by atoms with van der Waals surface area (Å²) in [5, 5.41) is 3.12. The first kappa shape index (κ1) is 16.6. The van der Waals surface area contributed by atoms with Crippen molar-refractivity contribution in [2.45, 2.75) is 39.3 Å². The van der Waals surface area contributed by atoms with Crippen molar-refractivity contribution in [2.75, 3.05) is 13.1 Å². The van der Waals surface area contributed by atoms with Gasteiger partial charge in [-0.1, -0.05) is 6.07 Å². The zero-order valence-electron chi connectivity index (χ0n) is 14.3. The number of nitrogens with one attached hydrogen (secondary N) is 1. The van der Waals surface area contributed by atoms with Crippen molar-refractivity contribution in [1.29, 1.82) is 0 Å². The lowest BCUT2D eigenvalue weighted by Crippen LogP contribution is -2.44. The molecule has 126 valence electrons. The summed E-state index contributed by atoms with van der Waals surface area (Å²) in [5.41, 5.74) is 4.00. The van der Waals surface area contributed by atoms with Gasteiger partial charge in [0, 0.05) is 44.3 Å². The van der Waals surface area contributed by atoms with E-state index in [2.05, 4.69) is 33.2 Å². The summed E-state index contributed by atoms with van der Waals surface area (Å²) < 4.78 is 0. The first-order chi connectivity index (χ1) is 11.6. The molecule has 1 aliphatic heterocycles. The van der Waals surface area contributed by atoms with Gasteiger partial charge in [-0.25, -0.2) is 0 Å². The summed E-state index contributed by atoms with van der Waals surface area (Å²) in [7, 11) is 0. The highest BCUT2D eigenvalue weighted by Crippen LogP contribution is 2.14. The Labute approximate surface area is 143 Å². The van der Waals surface area contributed by atoms with Gasteiger partial charge in [0.1, 0.15) is 5.69 Å². The quantitative estimate of drug-likeness (QED) is 0.939. The number of amides is 1. The number of hydrogen-bond acceptors (Lipinski definition) is 4. The van der Waals surface area contributed by atoms with E-state index in [0.29, 0.717) is 5.69 Å². The molecule has 0 saturated carbocycles. The summed E-state index contributed by atoms with van der Waals surface area (Å²) in [4.78, 5) is 23.1. The van der Waals surface area contributed by atoms with Gasteiger partial charge in [-0.15, -0.1) is 0 Å². The highest BCUT2D eigenvalue weighted by Gasteiger charge is 2.21. The van der Waals surface area contributed by atoms with Crippen molar-refractivity contribution in [3.05, 3.63) is 59.2 Å². The molecule has 0 bridgehead atoms. The largest absolute Gasteiger partial charge is 0.348 e. The second kappa shape index (κ2) is 7.53. The number of nitrogens with zero attached hydrogens (tertiary/aromatic N) is 3. The number of hydrogen-bond donors (Lipinski definition) is 1. The molecule has 1 aliphatic rings. The average Bonchev–Trinajstić information content (AvgIpc) is 2.57. The average molecular weight is 324 g/mol. The van der Waals surface area contributed by atoms with Crippen molar-refractivity contribution in [1.82, 2.24) is 20.2 Å². The van der Waals surface area contributed by atoms with E-state index < -0.39 is 0 Å². The van der Waals surface area contributed by atoms with Crippen LogP contribution in [0.5, 0.6) is 0 Å². The summed E-state index contributed by atoms with van der Waals surface area (Å²) in [6.45, 7) is 6.93. The third kappa shape index (κ3) is 4.38. The van der Waals surface area contributed by atoms with Crippen molar-refractivity contribution in [3.63, 3.8) is 0 Å². The van der Waals surface area contributed by atoms with Gasteiger partial charge in [0.05, 0.1) is 0 Å². The molecule has 0 atom stereocenters. The van der Waals surface area contributed by atoms with E-state index in [0.717, 1.165) is 38.0 Å². The molecule has 5 heteroatoms. The Morgan fingerprint density at radius 3 is 2.71 bits per heavy atom. The Hall–Kier alpha value is -2.27. The molecule has 3 heterocycles. The lowest BCUT2D eigenvalue weighted by molar-refractivity contribution is 0.0904. The second-order valence-electron chi connectivity index (χ2n) is 6.61. The minimum atomic E-state index is -0.0694. The monoisotopic (exact) mass is 324 g/mol. The van der Waals surface area contributed by atoms with Crippen LogP contribution in [0.15, 0.2) is 36.8 Å². The number of aryl methyl sites for hydroxylation is 2. The van der Waals surface area contributed by atoms with Crippen LogP contribution in [-0.2, 0) is 6.54 Å². The van der Waals surface area contributed by atoms with Crippen molar-refractivity contribution < 1.29 is 4.79 Å². The molecule has 2 aromatic rings. The fourth-order valence-electron chi connectivity index (χ4n) is 3.12. The number of aromatic nitrogens is 2. The zero-order valence-corrected chi connectivity index (χ0v) is 14.3. The molecule has 24 heavy (non-hydrogen) atoms. The van der Waals surface area contributed by atoms with Gasteiger partial charge in [0.2, 0.25) is 0 Å². The highest BCUT2D eigenvalue weighted by atomic mass is 16.1. The molecule has 0 aliphatic carbocycles. The van der Waals surface area contributed by atoms with E-state index >= 15 is 0 Å². The Morgan fingerprint density at radius 2 is 2.00 bits per heavy atom. The first-order valence-electron chi connectivity index (χ1n) is 8.46. The fraction of sp³-hybridized carbons (Fsp3) is 0.421. The minimum Gasteiger partial charge on any atom is -0.348 e. The van der Waals surface area contributed by atoms with E-state index in [1.807, 2.05) is 31.5 Å². The van der Waals surface area contributed by atoms with Crippen LogP contribution < -0.4 is 5.32 Å². The van der Waals surface area contributed by atoms with Crippen LogP contribution in [0.4, 0.5) is 0 Å². The van der Waals surface area contributed by atoms with Crippen LogP contribution in [-0.4, -0.2) is 39.9 Å². The minimum absolute atomic E-state index is 0.0694. The number of rotatable bonds is 4. The molecule has 0 radical (unpaired) electrons. The van der Waals surface area contributed by atoms with Crippen LogP contribution in [0, 0.1) is 13.8 Å². The molecule has 1 amide bonds. The first-order valence-corrected chi connectivity index (χ1v) is 8.46. The summed E-state index contributed by atoms with van der Waals surface area (Å²) >= 11 is 0. The summed E-state index contributed by atoms with van der Waals surface area (Å²) in [6.07, 6.45) is 7.44. The van der Waals surface area contributed by atoms with Crippen LogP contribution in [0.1, 0.15) is 40.0 Å². The molecule has 5 nitrogen and oxygen atoms in total. The van der Waals surface area contributed by atoms with Gasteiger partial charge in [0.25, 0.3) is 5.91 Å². The lowest BCUT2D eigenvalue weighted by Gasteiger charge is -2.32. The number of carbonyl (C=O) groups is 1. The van der Waals surface area contributed by atoms with Gasteiger partial charge in [-0.3, -0.25) is 19.7 Å². The molecule has 0 aromatic carbocycles. The Morgan fingerprint density at radius 1 is 1.21 bits per heavy atom. The van der Waals surface area contributed by atoms with Crippen molar-refractivity contribution >= 4 is 5.91 Å². The maximum atomic E-state index is 12.3. The van der Waals surface area contributed by atoms with Gasteiger partial charge < -0.3 is 5.32 Å². The molecule has 0 unspecified atom stereocenters. The van der Waals surface area contributed by atoms with Crippen LogP contribution in [0.3, 0.4) is 0 Å². The number of pyridine rings is 2. The number of piperidine rings is 1. The second-order valence-corrected chi connectivity index (χ2v) is 6.61. The molecule has 1 N–H and O–H groups in total. The smallest absolute Gasteiger partial charge is 0.270 e. The molecule has 1 fully saturated rings. The molecule has 3 rings (SSSR count). The van der Waals surface area contributed by atoms with Gasteiger partial charge in [-0.2, -0.15) is 0 Å². The normalized spacial score (nSPS) is 16.1. The lowest BCUT2D eigenvalue weighted by atomic mass is 10.0. The van der Waals surface area contributed by atoms with Gasteiger partial charge >= 0.3 is 0 Å². The van der Waals surface area contributed by atoms with Crippen LogP contribution in [0.25, 0.3) is 0 Å². The zero-order chi connectivity index (χ0) is 16.9. The third-order valence-corrected chi connectivity index (χ3v) is 4.41. The van der Waals surface area contributed by atoms with E-state index in [1.165, 1.54) is 11.1 Å². The molecular formula is C19H24N4O. The Kier molecular flexibility index (Phi) is 5.20. The maximum Gasteiger partial charge on any atom is 0.270 e. The maximum absolute atomic E-state index is 12.3. The van der Waals surface area contributed by atoms with Gasteiger partial charge in [0.15, 0.2) is 0 Å². The van der Waals surface area contributed by atoms with Crippen LogP contribution in [0.2, 0.25) is 0 Å². The molecule has 2 aromatic heterocycles. The predicted molar refractivity (Wildman–Crippen MR) is 93.7 cm³/mol. The van der Waals surface area contributed by atoms with Crippen LogP contribution >= 0.6 is 0 Å². The van der Waals surface area contributed by atoms with E-state index in [1.54, 1.807) is 6.20 Å². The predicted octanol–water partition coefficient (Wildman–Crippen LogP) is 2.49. The summed E-state index contributed by atoms with van der Waals surface area (Å²) in [6, 6.07) is 6.14. The fourth-order valence-corrected chi connectivity index (χ4v) is 3.12. The Bertz CT molecular complexity index is 708. The van der Waals surface area contributed by atoms with Gasteiger partial charge in [-0.05, 0) is 55.5 Å². The highest BCUT2D eigenvalue weighted by molar-refractivity contribution is 5.92. The topological polar surface area (TPSA) is 58.1 Å².